The molecule has 3 aromatic carbocycles. The molecule has 3 aromatic rings. The molecular formula is C20H14Cl2N2O4S. The molecule has 1 N–H and O–H groups in total. The Morgan fingerprint density at radius 1 is 1.00 bits per heavy atom. The molecule has 0 aliphatic heterocycles. The van der Waals surface area contributed by atoms with Crippen LogP contribution in [0.4, 0.5) is 5.69 Å². The van der Waals surface area contributed by atoms with E-state index in [1.54, 1.807) is 30.3 Å². The molecule has 0 aliphatic carbocycles. The van der Waals surface area contributed by atoms with E-state index in [2.05, 4.69) is 4.72 Å². The van der Waals surface area contributed by atoms with E-state index < -0.39 is 10.0 Å². The molecule has 0 atom stereocenters. The maximum absolute atomic E-state index is 12.7. The summed E-state index contributed by atoms with van der Waals surface area (Å²) in [6.07, 6.45) is 0. The lowest BCUT2D eigenvalue weighted by molar-refractivity contribution is 0.417. The maximum atomic E-state index is 12.7. The van der Waals surface area contributed by atoms with Crippen molar-refractivity contribution in [1.82, 2.24) is 0 Å². The first-order chi connectivity index (χ1) is 13.8. The fourth-order valence-corrected chi connectivity index (χ4v) is 3.92. The zero-order valence-electron chi connectivity index (χ0n) is 15.0. The number of nitrogens with zero attached hydrogens (tertiary/aromatic N) is 1. The Hall–Kier alpha value is -2.92. The molecule has 0 heterocycles. The number of hydrogen-bond acceptors (Lipinski definition) is 5. The van der Waals surface area contributed by atoms with Crippen LogP contribution >= 0.6 is 23.2 Å². The van der Waals surface area contributed by atoms with Gasteiger partial charge in [0.05, 0.1) is 22.7 Å². The van der Waals surface area contributed by atoms with Crippen LogP contribution in [0.3, 0.4) is 0 Å². The standard InChI is InChI=1S/C20H14Cl2N2O4S/c1-27-20-10-5-13(21)11-18(20)24-29(25,26)15-8-6-14(7-9-15)28-19-4-2-3-17(22)16(19)12-23/h2-11,24H,1H3. The smallest absolute Gasteiger partial charge is 0.262 e. The van der Waals surface area contributed by atoms with E-state index in [-0.39, 0.29) is 26.9 Å². The van der Waals surface area contributed by atoms with Gasteiger partial charge in [0.1, 0.15) is 28.9 Å². The summed E-state index contributed by atoms with van der Waals surface area (Å²) in [7, 11) is -2.46. The Balaban J connectivity index is 1.84. The van der Waals surface area contributed by atoms with Crippen molar-refractivity contribution >= 4 is 38.9 Å². The highest BCUT2D eigenvalue weighted by Gasteiger charge is 2.17. The van der Waals surface area contributed by atoms with Crippen molar-refractivity contribution in [3.63, 3.8) is 0 Å². The Morgan fingerprint density at radius 2 is 1.72 bits per heavy atom. The minimum Gasteiger partial charge on any atom is -0.495 e. The molecule has 0 radical (unpaired) electrons. The van der Waals surface area contributed by atoms with Gasteiger partial charge in [-0.2, -0.15) is 5.26 Å². The minimum absolute atomic E-state index is 0.0125. The molecule has 148 valence electrons. The van der Waals surface area contributed by atoms with Crippen LogP contribution in [0, 0.1) is 11.3 Å². The topological polar surface area (TPSA) is 88.4 Å². The Bertz CT molecular complexity index is 1190. The number of rotatable bonds is 6. The number of methoxy groups -OCH3 is 1. The highest BCUT2D eigenvalue weighted by Crippen LogP contribution is 2.32. The van der Waals surface area contributed by atoms with Crippen LogP contribution in [0.25, 0.3) is 0 Å². The fourth-order valence-electron chi connectivity index (χ4n) is 2.48. The van der Waals surface area contributed by atoms with Crippen LogP contribution in [0.15, 0.2) is 65.6 Å². The van der Waals surface area contributed by atoms with Crippen molar-refractivity contribution in [2.24, 2.45) is 0 Å². The summed E-state index contributed by atoms with van der Waals surface area (Å²) in [5.41, 5.74) is 0.415. The number of benzene rings is 3. The van der Waals surface area contributed by atoms with Crippen LogP contribution in [-0.4, -0.2) is 15.5 Å². The van der Waals surface area contributed by atoms with Crippen molar-refractivity contribution in [2.45, 2.75) is 4.90 Å². The average molecular weight is 449 g/mol. The predicted molar refractivity (Wildman–Crippen MR) is 111 cm³/mol. The zero-order valence-corrected chi connectivity index (χ0v) is 17.3. The molecule has 0 fully saturated rings. The summed E-state index contributed by atoms with van der Waals surface area (Å²) in [5, 5.41) is 9.84. The van der Waals surface area contributed by atoms with Crippen LogP contribution in [0.1, 0.15) is 5.56 Å². The number of nitriles is 1. The minimum atomic E-state index is -3.89. The molecule has 0 unspecified atom stereocenters. The lowest BCUT2D eigenvalue weighted by Gasteiger charge is -2.13. The van der Waals surface area contributed by atoms with Crippen LogP contribution in [0.5, 0.6) is 17.2 Å². The number of nitrogens with one attached hydrogen (secondary N) is 1. The molecule has 0 aliphatic rings. The van der Waals surface area contributed by atoms with E-state index in [1.807, 2.05) is 6.07 Å². The van der Waals surface area contributed by atoms with Gasteiger partial charge < -0.3 is 9.47 Å². The van der Waals surface area contributed by atoms with Gasteiger partial charge >= 0.3 is 0 Å². The third-order valence-electron chi connectivity index (χ3n) is 3.85. The molecule has 9 heteroatoms. The second kappa shape index (κ2) is 8.62. The van der Waals surface area contributed by atoms with Crippen molar-refractivity contribution < 1.29 is 17.9 Å². The Labute approximate surface area is 178 Å². The largest absolute Gasteiger partial charge is 0.495 e. The summed E-state index contributed by atoms with van der Waals surface area (Å²) in [6.45, 7) is 0. The molecule has 0 spiro atoms. The van der Waals surface area contributed by atoms with Crippen LogP contribution < -0.4 is 14.2 Å². The Kier molecular flexibility index (Phi) is 6.18. The predicted octanol–water partition coefficient (Wildman–Crippen LogP) is 5.47. The second-order valence-electron chi connectivity index (χ2n) is 5.75. The van der Waals surface area contributed by atoms with Gasteiger partial charge in [0.25, 0.3) is 10.0 Å². The summed E-state index contributed by atoms with van der Waals surface area (Å²) < 4.78 is 38.6. The number of hydrogen-bond donors (Lipinski definition) is 1. The van der Waals surface area contributed by atoms with E-state index in [4.69, 9.17) is 32.7 Å². The van der Waals surface area contributed by atoms with E-state index in [1.165, 1.54) is 37.4 Å². The zero-order chi connectivity index (χ0) is 21.0. The Morgan fingerprint density at radius 3 is 2.38 bits per heavy atom. The van der Waals surface area contributed by atoms with Gasteiger partial charge in [-0.05, 0) is 54.6 Å². The average Bonchev–Trinajstić information content (AvgIpc) is 2.68. The van der Waals surface area contributed by atoms with Gasteiger partial charge in [-0.25, -0.2) is 8.42 Å². The summed E-state index contributed by atoms with van der Waals surface area (Å²) in [6, 6.07) is 17.1. The monoisotopic (exact) mass is 448 g/mol. The molecule has 0 saturated heterocycles. The third kappa shape index (κ3) is 4.74. The SMILES string of the molecule is COc1ccc(Cl)cc1NS(=O)(=O)c1ccc(Oc2cccc(Cl)c2C#N)cc1. The quantitative estimate of drug-likeness (QED) is 0.540. The van der Waals surface area contributed by atoms with E-state index in [0.717, 1.165) is 0 Å². The van der Waals surface area contributed by atoms with Crippen molar-refractivity contribution in [2.75, 3.05) is 11.8 Å². The normalized spacial score (nSPS) is 10.8. The lowest BCUT2D eigenvalue weighted by Crippen LogP contribution is -2.13. The molecule has 29 heavy (non-hydrogen) atoms. The van der Waals surface area contributed by atoms with E-state index >= 15 is 0 Å². The van der Waals surface area contributed by atoms with Gasteiger partial charge in [-0.3, -0.25) is 4.72 Å². The molecule has 3 rings (SSSR count). The van der Waals surface area contributed by atoms with Gasteiger partial charge in [-0.15, -0.1) is 0 Å². The summed E-state index contributed by atoms with van der Waals surface area (Å²) in [5.74, 6) is 0.961. The highest BCUT2D eigenvalue weighted by atomic mass is 35.5. The molecule has 0 bridgehead atoms. The fraction of sp³-hybridized carbons (Fsp3) is 0.0500. The van der Waals surface area contributed by atoms with Crippen molar-refractivity contribution in [3.05, 3.63) is 76.3 Å². The molecule has 0 saturated carbocycles. The van der Waals surface area contributed by atoms with Gasteiger partial charge in [0.2, 0.25) is 0 Å². The van der Waals surface area contributed by atoms with Crippen molar-refractivity contribution in [3.8, 4) is 23.3 Å². The molecule has 6 nitrogen and oxygen atoms in total. The first kappa shape index (κ1) is 20.8. The molecular weight excluding hydrogens is 435 g/mol. The molecule has 0 amide bonds. The summed E-state index contributed by atoms with van der Waals surface area (Å²) in [4.78, 5) is 0.0125. The third-order valence-corrected chi connectivity index (χ3v) is 5.79. The number of sulfonamides is 1. The number of halogens is 2. The number of ether oxygens (including phenoxy) is 2. The first-order valence-corrected chi connectivity index (χ1v) is 10.4. The van der Waals surface area contributed by atoms with Gasteiger partial charge in [0, 0.05) is 5.02 Å². The number of anilines is 1. The molecule has 0 aromatic heterocycles. The van der Waals surface area contributed by atoms with Crippen LogP contribution in [-0.2, 0) is 10.0 Å². The van der Waals surface area contributed by atoms with E-state index in [9.17, 15) is 13.7 Å². The van der Waals surface area contributed by atoms with Gasteiger partial charge in [0.15, 0.2) is 0 Å². The first-order valence-electron chi connectivity index (χ1n) is 8.17. The second-order valence-corrected chi connectivity index (χ2v) is 8.27. The maximum Gasteiger partial charge on any atom is 0.262 e. The van der Waals surface area contributed by atoms with Crippen molar-refractivity contribution in [1.29, 1.82) is 5.26 Å². The highest BCUT2D eigenvalue weighted by molar-refractivity contribution is 7.92. The van der Waals surface area contributed by atoms with E-state index in [0.29, 0.717) is 16.5 Å². The summed E-state index contributed by atoms with van der Waals surface area (Å²) >= 11 is 11.9. The lowest BCUT2D eigenvalue weighted by atomic mass is 10.2. The van der Waals surface area contributed by atoms with Crippen LogP contribution in [0.2, 0.25) is 10.0 Å². The van der Waals surface area contributed by atoms with Gasteiger partial charge in [-0.1, -0.05) is 29.3 Å².